The van der Waals surface area contributed by atoms with Gasteiger partial charge in [-0.05, 0) is 54.6 Å². The summed E-state index contributed by atoms with van der Waals surface area (Å²) in [5, 5.41) is 15.6. The van der Waals surface area contributed by atoms with Crippen molar-refractivity contribution in [2.45, 2.75) is 25.7 Å². The molecule has 2 heterocycles. The second kappa shape index (κ2) is 11.2. The average Bonchev–Trinajstić information content (AvgIpc) is 3.55. The molecule has 178 valence electrons. The van der Waals surface area contributed by atoms with Gasteiger partial charge in [0.2, 0.25) is 0 Å². The van der Waals surface area contributed by atoms with E-state index in [0.717, 1.165) is 33.9 Å². The fourth-order valence-corrected chi connectivity index (χ4v) is 4.29. The van der Waals surface area contributed by atoms with Crippen LogP contribution >= 0.6 is 11.3 Å². The first-order chi connectivity index (χ1) is 16.6. The number of nitrogens with zero attached hydrogens (tertiary/aromatic N) is 1. The van der Waals surface area contributed by atoms with E-state index in [0.29, 0.717) is 23.8 Å². The average molecular weight is 480 g/mol. The number of aliphatic hydroxyl groups excluding tert-OH is 1. The van der Waals surface area contributed by atoms with Crippen LogP contribution in [0.25, 0.3) is 22.0 Å². The molecule has 4 rings (SSSR count). The third-order valence-electron chi connectivity index (χ3n) is 5.38. The van der Waals surface area contributed by atoms with Gasteiger partial charge in [-0.1, -0.05) is 24.3 Å². The first kappa shape index (κ1) is 23.8. The highest BCUT2D eigenvalue weighted by Crippen LogP contribution is 2.29. The molecular formula is C26H29N3O4S. The normalized spacial score (nSPS) is 12.8. The van der Waals surface area contributed by atoms with Crippen molar-refractivity contribution < 1.29 is 19.3 Å². The van der Waals surface area contributed by atoms with Crippen LogP contribution in [0.1, 0.15) is 12.5 Å². The number of imidazole rings is 1. The van der Waals surface area contributed by atoms with Gasteiger partial charge >= 0.3 is 0 Å². The summed E-state index contributed by atoms with van der Waals surface area (Å²) >= 11 is 1.66. The number of methoxy groups -OCH3 is 2. The summed E-state index contributed by atoms with van der Waals surface area (Å²) in [6, 6.07) is 17.6. The lowest BCUT2D eigenvalue weighted by Crippen LogP contribution is -2.43. The highest BCUT2D eigenvalue weighted by atomic mass is 32.1. The smallest absolute Gasteiger partial charge is 0.176 e. The minimum atomic E-state index is -0.705. The van der Waals surface area contributed by atoms with Crippen LogP contribution in [0.15, 0.2) is 66.2 Å². The van der Waals surface area contributed by atoms with Crippen LogP contribution in [0.4, 0.5) is 0 Å². The number of aromatic nitrogens is 2. The molecule has 4 aromatic rings. The van der Waals surface area contributed by atoms with Crippen molar-refractivity contribution in [1.82, 2.24) is 15.3 Å². The molecule has 0 radical (unpaired) electrons. The Hall–Kier alpha value is -3.33. The molecule has 0 fully saturated rings. The van der Waals surface area contributed by atoms with Gasteiger partial charge in [0.25, 0.3) is 0 Å². The lowest BCUT2D eigenvalue weighted by molar-refractivity contribution is 0.0274. The quantitative estimate of drug-likeness (QED) is 0.269. The van der Waals surface area contributed by atoms with Crippen molar-refractivity contribution in [3.8, 4) is 39.2 Å². The number of hydrogen-bond donors (Lipinski definition) is 3. The number of rotatable bonds is 11. The molecule has 0 aliphatic carbocycles. The van der Waals surface area contributed by atoms with Crippen molar-refractivity contribution in [3.05, 3.63) is 71.7 Å². The second-order valence-corrected chi connectivity index (χ2v) is 8.77. The summed E-state index contributed by atoms with van der Waals surface area (Å²) in [6.45, 7) is 2.32. The highest BCUT2D eigenvalue weighted by Gasteiger charge is 2.17. The fraction of sp³-hybridized carbons (Fsp3) is 0.269. The van der Waals surface area contributed by atoms with Crippen LogP contribution in [0.2, 0.25) is 0 Å². The molecular weight excluding hydrogens is 450 g/mol. The van der Waals surface area contributed by atoms with Gasteiger partial charge in [-0.25, -0.2) is 4.98 Å². The SMILES string of the molecule is COc1ccc(CCN[C@@H](Oc2cccc(-c3ncc(-c4cccs4)[nH]3)c2)C(C)O)cc1OC. The minimum Gasteiger partial charge on any atom is -0.493 e. The number of thiophene rings is 1. The highest BCUT2D eigenvalue weighted by molar-refractivity contribution is 7.13. The molecule has 0 amide bonds. The molecule has 34 heavy (non-hydrogen) atoms. The van der Waals surface area contributed by atoms with Gasteiger partial charge in [-0.3, -0.25) is 5.32 Å². The van der Waals surface area contributed by atoms with Gasteiger partial charge < -0.3 is 24.3 Å². The van der Waals surface area contributed by atoms with Gasteiger partial charge in [0.15, 0.2) is 17.7 Å². The van der Waals surface area contributed by atoms with Crippen molar-refractivity contribution in [2.24, 2.45) is 0 Å². The third kappa shape index (κ3) is 5.77. The molecule has 0 spiro atoms. The third-order valence-corrected chi connectivity index (χ3v) is 6.28. The lowest BCUT2D eigenvalue weighted by atomic mass is 10.1. The summed E-state index contributed by atoms with van der Waals surface area (Å²) < 4.78 is 16.8. The maximum absolute atomic E-state index is 10.3. The molecule has 2 aromatic carbocycles. The largest absolute Gasteiger partial charge is 0.493 e. The van der Waals surface area contributed by atoms with Crippen molar-refractivity contribution in [3.63, 3.8) is 0 Å². The number of aliphatic hydroxyl groups is 1. The Balaban J connectivity index is 1.39. The Morgan fingerprint density at radius 3 is 2.65 bits per heavy atom. The summed E-state index contributed by atoms with van der Waals surface area (Å²) in [4.78, 5) is 9.02. The molecule has 8 heteroatoms. The maximum Gasteiger partial charge on any atom is 0.176 e. The lowest BCUT2D eigenvalue weighted by Gasteiger charge is -2.23. The van der Waals surface area contributed by atoms with E-state index in [2.05, 4.69) is 21.4 Å². The molecule has 0 saturated carbocycles. The Labute approximate surface area is 203 Å². The van der Waals surface area contributed by atoms with E-state index in [-0.39, 0.29) is 0 Å². The van der Waals surface area contributed by atoms with E-state index in [1.54, 1.807) is 32.5 Å². The summed E-state index contributed by atoms with van der Waals surface area (Å²) in [5.41, 5.74) is 2.99. The number of hydrogen-bond acceptors (Lipinski definition) is 7. The minimum absolute atomic E-state index is 0.561. The van der Waals surface area contributed by atoms with Crippen LogP contribution in [0.3, 0.4) is 0 Å². The van der Waals surface area contributed by atoms with E-state index in [1.807, 2.05) is 60.1 Å². The molecule has 7 nitrogen and oxygen atoms in total. The van der Waals surface area contributed by atoms with Gasteiger partial charge in [-0.2, -0.15) is 0 Å². The molecule has 0 saturated heterocycles. The summed E-state index contributed by atoms with van der Waals surface area (Å²) in [7, 11) is 3.24. The zero-order valence-corrected chi connectivity index (χ0v) is 20.3. The molecule has 2 aromatic heterocycles. The number of benzene rings is 2. The van der Waals surface area contributed by atoms with Crippen LogP contribution in [-0.4, -0.2) is 48.2 Å². The fourth-order valence-electron chi connectivity index (χ4n) is 3.59. The Bertz CT molecular complexity index is 1190. The number of H-pyrrole nitrogens is 1. The zero-order chi connectivity index (χ0) is 23.9. The van der Waals surface area contributed by atoms with Crippen LogP contribution in [0, 0.1) is 0 Å². The first-order valence-electron chi connectivity index (χ1n) is 11.1. The van der Waals surface area contributed by atoms with E-state index < -0.39 is 12.3 Å². The van der Waals surface area contributed by atoms with Gasteiger partial charge in [0, 0.05) is 12.1 Å². The van der Waals surface area contributed by atoms with Crippen LogP contribution in [0.5, 0.6) is 17.2 Å². The van der Waals surface area contributed by atoms with E-state index >= 15 is 0 Å². The Morgan fingerprint density at radius 2 is 1.91 bits per heavy atom. The van der Waals surface area contributed by atoms with E-state index in [1.165, 1.54) is 0 Å². The Kier molecular flexibility index (Phi) is 7.84. The zero-order valence-electron chi connectivity index (χ0n) is 19.4. The summed E-state index contributed by atoms with van der Waals surface area (Å²) in [6.07, 6.45) is 1.31. The standard InChI is InChI=1S/C26H29N3O4S/c1-17(30)26(27-12-11-18-9-10-22(31-2)23(14-18)32-3)33-20-7-4-6-19(15-20)25-28-16-21(29-25)24-8-5-13-34-24/h4-10,13-17,26-27,30H,11-12H2,1-3H3,(H,28,29)/t17?,26-/m0/s1. The van der Waals surface area contributed by atoms with Crippen LogP contribution in [-0.2, 0) is 6.42 Å². The van der Waals surface area contributed by atoms with Crippen LogP contribution < -0.4 is 19.5 Å². The van der Waals surface area contributed by atoms with E-state index in [4.69, 9.17) is 14.2 Å². The maximum atomic E-state index is 10.3. The predicted molar refractivity (Wildman–Crippen MR) is 135 cm³/mol. The monoisotopic (exact) mass is 479 g/mol. The molecule has 2 atom stereocenters. The topological polar surface area (TPSA) is 88.6 Å². The molecule has 0 aliphatic heterocycles. The van der Waals surface area contributed by atoms with Gasteiger partial charge in [-0.15, -0.1) is 11.3 Å². The first-order valence-corrected chi connectivity index (χ1v) is 11.9. The summed E-state index contributed by atoms with van der Waals surface area (Å²) in [5.74, 6) is 2.81. The number of ether oxygens (including phenoxy) is 3. The van der Waals surface area contributed by atoms with E-state index in [9.17, 15) is 5.11 Å². The molecule has 0 aliphatic rings. The van der Waals surface area contributed by atoms with Crippen molar-refractivity contribution in [2.75, 3.05) is 20.8 Å². The van der Waals surface area contributed by atoms with Crippen molar-refractivity contribution >= 4 is 11.3 Å². The van der Waals surface area contributed by atoms with Gasteiger partial charge in [0.1, 0.15) is 17.7 Å². The molecule has 0 bridgehead atoms. The molecule has 1 unspecified atom stereocenters. The van der Waals surface area contributed by atoms with Crippen molar-refractivity contribution in [1.29, 1.82) is 0 Å². The number of nitrogens with one attached hydrogen (secondary N) is 2. The second-order valence-electron chi connectivity index (χ2n) is 7.82. The number of aromatic amines is 1. The van der Waals surface area contributed by atoms with Gasteiger partial charge in [0.05, 0.1) is 31.0 Å². The molecule has 3 N–H and O–H groups in total. The predicted octanol–water partition coefficient (Wildman–Crippen LogP) is 4.74. The Morgan fingerprint density at radius 1 is 1.06 bits per heavy atom.